The van der Waals surface area contributed by atoms with Gasteiger partial charge in [-0.1, -0.05) is 70.2 Å². The predicted molar refractivity (Wildman–Crippen MR) is 242 cm³/mol. The third-order valence-corrected chi connectivity index (χ3v) is 14.8. The Morgan fingerprint density at radius 2 is 1.33 bits per heavy atom. The molecular weight excluding hydrogens is 809 g/mol. The minimum Gasteiger partial charge on any atom is -0.453 e. The molecule has 2 bridgehead atoms. The Bertz CT molecular complexity index is 2630. The van der Waals surface area contributed by atoms with E-state index in [0.717, 1.165) is 65.2 Å². The lowest BCUT2D eigenvalue weighted by molar-refractivity contribution is -0.137. The quantitative estimate of drug-likeness (QED) is 0.102. The molecule has 0 radical (unpaired) electrons. The Kier molecular flexibility index (Phi) is 10.7. The number of hydrogen-bond donors (Lipinski definition) is 4. The van der Waals surface area contributed by atoms with Crippen LogP contribution in [-0.2, 0) is 19.1 Å². The number of aromatic nitrogens is 4. The molecule has 2 saturated carbocycles. The van der Waals surface area contributed by atoms with Crippen LogP contribution in [0.15, 0.2) is 60.8 Å². The Morgan fingerprint density at radius 3 is 1.98 bits per heavy atom. The Balaban J connectivity index is 0.891. The number of likely N-dealkylation sites (tertiary alicyclic amines) is 2. The fourth-order valence-electron chi connectivity index (χ4n) is 11.4. The average molecular weight is 867 g/mol. The number of carbonyl (C=O) groups is 4. The first kappa shape index (κ1) is 41.8. The summed E-state index contributed by atoms with van der Waals surface area (Å²) in [6, 6.07) is 18.3. The van der Waals surface area contributed by atoms with Crippen molar-refractivity contribution in [1.82, 2.24) is 40.4 Å². The van der Waals surface area contributed by atoms with Crippen LogP contribution in [-0.4, -0.2) is 92.6 Å². The molecule has 4 N–H and O–H groups in total. The van der Waals surface area contributed by atoms with Gasteiger partial charge in [-0.2, -0.15) is 0 Å². The van der Waals surface area contributed by atoms with Crippen molar-refractivity contribution in [3.8, 4) is 33.5 Å². The summed E-state index contributed by atoms with van der Waals surface area (Å²) in [4.78, 5) is 72.7. The van der Waals surface area contributed by atoms with Crippen molar-refractivity contribution in [3.63, 3.8) is 0 Å². The molecule has 4 fully saturated rings. The molecule has 10 rings (SSSR count). The molecule has 5 aliphatic rings. The molecule has 5 unspecified atom stereocenters. The average Bonchev–Trinajstić information content (AvgIpc) is 4.04. The van der Waals surface area contributed by atoms with Crippen molar-refractivity contribution in [2.24, 2.45) is 17.8 Å². The lowest BCUT2D eigenvalue weighted by atomic mass is 9.81. The number of H-pyrrole nitrogens is 2. The second-order valence-electron chi connectivity index (χ2n) is 19.3. The number of rotatable bonds is 11. The number of benzene rings is 3. The zero-order valence-corrected chi connectivity index (χ0v) is 37.4. The molecule has 2 saturated heterocycles. The zero-order chi connectivity index (χ0) is 44.6. The van der Waals surface area contributed by atoms with E-state index < -0.39 is 24.3 Å². The van der Waals surface area contributed by atoms with Crippen molar-refractivity contribution in [2.75, 3.05) is 20.8 Å². The molecule has 3 aliphatic carbocycles. The molecule has 14 heteroatoms. The third kappa shape index (κ3) is 7.28. The molecule has 2 aromatic heterocycles. The van der Waals surface area contributed by atoms with Gasteiger partial charge in [0.1, 0.15) is 23.7 Å². The fraction of sp³-hybridized carbons (Fsp3) is 0.480. The summed E-state index contributed by atoms with van der Waals surface area (Å²) >= 11 is 0. The summed E-state index contributed by atoms with van der Waals surface area (Å²) in [6.45, 7) is 8.32. The second kappa shape index (κ2) is 16.4. The SMILES string of the molecule is COC(=O)NC(C(=O)N1C2CC2C[C@H]1c1nc2ccc(-c3ccc(-c4ccc(-c5cnc([C@@H]6CCCN6C(=O)[C@@H](NC(=O)OC)C(C)C)[nH]5)cc4)c4c3C3CCC4C3)cc2[nH]1)C(C)C. The van der Waals surface area contributed by atoms with Crippen molar-refractivity contribution in [3.05, 3.63) is 83.6 Å². The Morgan fingerprint density at radius 1 is 0.703 bits per heavy atom. The minimum atomic E-state index is -0.684. The lowest BCUT2D eigenvalue weighted by Gasteiger charge is -2.31. The van der Waals surface area contributed by atoms with Crippen molar-refractivity contribution in [2.45, 2.75) is 115 Å². The highest BCUT2D eigenvalue weighted by molar-refractivity contribution is 5.89. The number of hydrogen-bond acceptors (Lipinski definition) is 8. The van der Waals surface area contributed by atoms with E-state index in [-0.39, 0.29) is 41.8 Å². The lowest BCUT2D eigenvalue weighted by Crippen LogP contribution is -2.52. The van der Waals surface area contributed by atoms with Crippen LogP contribution in [0.5, 0.6) is 0 Å². The van der Waals surface area contributed by atoms with Gasteiger partial charge in [0.05, 0.1) is 49.2 Å². The largest absolute Gasteiger partial charge is 0.453 e. The Hall–Kier alpha value is -6.18. The van der Waals surface area contributed by atoms with Crippen LogP contribution < -0.4 is 10.6 Å². The summed E-state index contributed by atoms with van der Waals surface area (Å²) < 4.78 is 9.65. The first-order chi connectivity index (χ1) is 30.9. The van der Waals surface area contributed by atoms with Gasteiger partial charge >= 0.3 is 12.2 Å². The molecule has 64 heavy (non-hydrogen) atoms. The summed E-state index contributed by atoms with van der Waals surface area (Å²) in [5.74, 6) is 2.64. The topological polar surface area (TPSA) is 175 Å². The first-order valence-corrected chi connectivity index (χ1v) is 23.1. The highest BCUT2D eigenvalue weighted by Gasteiger charge is 2.56. The highest BCUT2D eigenvalue weighted by Crippen LogP contribution is 2.58. The fourth-order valence-corrected chi connectivity index (χ4v) is 11.4. The maximum Gasteiger partial charge on any atom is 0.407 e. The number of aromatic amines is 2. The standard InChI is InChI=1S/C50H58N8O6/c1-25(2)43(55-49(61)63-5)47(59)57-19-7-8-38(57)45-51-24-37(54-45)28-11-9-27(10-12-28)33-16-17-34(42-31-14-13-30(20-31)41(33)42)29-15-18-35-36(21-29)53-46(52-35)40-23-32-22-39(32)58(40)48(60)44(26(3)4)56-50(62)64-6/h9-12,15-18,21,24-26,30-32,38-40,43-44H,7-8,13-14,19-20,22-23H2,1-6H3,(H,51,54)(H,52,53)(H,55,61)(H,56,62)/t30?,31?,32?,38-,39?,40-,43-,44?/m0/s1. The number of imidazole rings is 2. The van der Waals surface area contributed by atoms with E-state index in [1.165, 1.54) is 61.3 Å². The summed E-state index contributed by atoms with van der Waals surface area (Å²) in [6.07, 6.45) is 7.70. The molecule has 2 aliphatic heterocycles. The van der Waals surface area contributed by atoms with Gasteiger partial charge in [-0.15, -0.1) is 0 Å². The highest BCUT2D eigenvalue weighted by atomic mass is 16.5. The van der Waals surface area contributed by atoms with E-state index >= 15 is 0 Å². The third-order valence-electron chi connectivity index (χ3n) is 14.8. The number of fused-ring (bicyclic) bond motifs is 7. The monoisotopic (exact) mass is 866 g/mol. The van der Waals surface area contributed by atoms with E-state index in [2.05, 4.69) is 75.2 Å². The Labute approximate surface area is 373 Å². The molecule has 3 aromatic carbocycles. The predicted octanol–water partition coefficient (Wildman–Crippen LogP) is 8.74. The molecule has 4 amide bonds. The summed E-state index contributed by atoms with van der Waals surface area (Å²) in [5, 5.41) is 5.50. The van der Waals surface area contributed by atoms with Gasteiger partial charge in [-0.25, -0.2) is 19.6 Å². The van der Waals surface area contributed by atoms with Crippen LogP contribution in [0.25, 0.3) is 44.5 Å². The second-order valence-corrected chi connectivity index (χ2v) is 19.3. The van der Waals surface area contributed by atoms with Crippen LogP contribution in [0.1, 0.15) is 119 Å². The van der Waals surface area contributed by atoms with Crippen LogP contribution in [0.2, 0.25) is 0 Å². The van der Waals surface area contributed by atoms with Crippen LogP contribution in [0.4, 0.5) is 9.59 Å². The maximum atomic E-state index is 14.0. The minimum absolute atomic E-state index is 0.0822. The number of nitrogens with zero attached hydrogens (tertiary/aromatic N) is 4. The van der Waals surface area contributed by atoms with Crippen molar-refractivity contribution in [1.29, 1.82) is 0 Å². The number of methoxy groups -OCH3 is 2. The first-order valence-electron chi connectivity index (χ1n) is 23.1. The van der Waals surface area contributed by atoms with Gasteiger partial charge in [0.25, 0.3) is 0 Å². The molecular formula is C50H58N8O6. The van der Waals surface area contributed by atoms with Crippen molar-refractivity contribution >= 4 is 35.0 Å². The summed E-state index contributed by atoms with van der Waals surface area (Å²) in [7, 11) is 2.62. The maximum absolute atomic E-state index is 14.0. The number of amides is 4. The number of nitrogens with one attached hydrogen (secondary N) is 4. The molecule has 5 aromatic rings. The zero-order valence-electron chi connectivity index (χ0n) is 37.4. The molecule has 4 heterocycles. The number of piperidine rings is 1. The normalized spacial score (nSPS) is 23.9. The van der Waals surface area contributed by atoms with Gasteiger partial charge in [0.15, 0.2) is 0 Å². The van der Waals surface area contributed by atoms with Crippen LogP contribution in [0.3, 0.4) is 0 Å². The van der Waals surface area contributed by atoms with Crippen LogP contribution >= 0.6 is 0 Å². The van der Waals surface area contributed by atoms with E-state index in [0.29, 0.717) is 24.3 Å². The van der Waals surface area contributed by atoms with Gasteiger partial charge < -0.3 is 39.9 Å². The smallest absolute Gasteiger partial charge is 0.407 e. The van der Waals surface area contributed by atoms with Gasteiger partial charge in [-0.3, -0.25) is 9.59 Å². The molecule has 0 spiro atoms. The number of carbonyl (C=O) groups excluding carboxylic acids is 4. The number of alkyl carbamates (subject to hydrolysis) is 2. The van der Waals surface area contributed by atoms with E-state index in [4.69, 9.17) is 19.4 Å². The van der Waals surface area contributed by atoms with Gasteiger partial charge in [0, 0.05) is 12.6 Å². The summed E-state index contributed by atoms with van der Waals surface area (Å²) in [5.41, 5.74) is 11.6. The van der Waals surface area contributed by atoms with Gasteiger partial charge in [-0.05, 0) is 126 Å². The van der Waals surface area contributed by atoms with Crippen molar-refractivity contribution < 1.29 is 28.7 Å². The van der Waals surface area contributed by atoms with Gasteiger partial charge in [0.2, 0.25) is 11.8 Å². The van der Waals surface area contributed by atoms with Crippen LogP contribution in [0, 0.1) is 17.8 Å². The number of ether oxygens (including phenoxy) is 2. The molecule has 8 atom stereocenters. The molecule has 334 valence electrons. The molecule has 14 nitrogen and oxygen atoms in total. The van der Waals surface area contributed by atoms with E-state index in [9.17, 15) is 19.2 Å². The van der Waals surface area contributed by atoms with E-state index in [1.807, 2.05) is 43.7 Å². The van der Waals surface area contributed by atoms with E-state index in [1.54, 1.807) is 0 Å².